The Morgan fingerprint density at radius 2 is 1.92 bits per heavy atom. The first-order chi connectivity index (χ1) is 17.4. The fourth-order valence-electron chi connectivity index (χ4n) is 4.55. The number of esters is 1. The molecule has 5 rings (SSSR count). The minimum Gasteiger partial charge on any atom is -0.456 e. The lowest BCUT2D eigenvalue weighted by Crippen LogP contribution is -2.71. The van der Waals surface area contributed by atoms with E-state index in [2.05, 4.69) is 10.2 Å². The number of rotatable bonds is 8. The summed E-state index contributed by atoms with van der Waals surface area (Å²) in [5, 5.41) is 15.2. The molecule has 1 aromatic carbocycles. The Kier molecular flexibility index (Phi) is 6.97. The molecule has 0 spiro atoms. The second-order valence-corrected chi connectivity index (χ2v) is 10.8. The highest BCUT2D eigenvalue weighted by molar-refractivity contribution is 8.00. The second kappa shape index (κ2) is 10.3. The number of β-lactam (4-membered cyclic amide) rings is 1. The van der Waals surface area contributed by atoms with Crippen molar-refractivity contribution in [3.8, 4) is 0 Å². The molecule has 3 aliphatic heterocycles. The fourth-order valence-corrected chi connectivity index (χ4v) is 6.64. The molecule has 188 valence electrons. The van der Waals surface area contributed by atoms with Gasteiger partial charge in [0, 0.05) is 35.9 Å². The van der Waals surface area contributed by atoms with E-state index < -0.39 is 16.9 Å². The molecular formula is C24H24N4O6S2. The number of nitrogens with zero attached hydrogens (tertiary/aromatic N) is 3. The summed E-state index contributed by atoms with van der Waals surface area (Å²) in [7, 11) is 0. The van der Waals surface area contributed by atoms with Crippen LogP contribution in [0.15, 0.2) is 53.2 Å². The molecule has 0 saturated carbocycles. The summed E-state index contributed by atoms with van der Waals surface area (Å²) in [6.45, 7) is 1.54. The Labute approximate surface area is 215 Å². The number of ether oxygens (including phenoxy) is 1. The van der Waals surface area contributed by atoms with Gasteiger partial charge in [0.2, 0.25) is 5.91 Å². The largest absolute Gasteiger partial charge is 0.456 e. The number of nitro groups is 1. The number of hydrogen-bond donors (Lipinski definition) is 1. The van der Waals surface area contributed by atoms with E-state index in [-0.39, 0.29) is 41.6 Å². The predicted octanol–water partition coefficient (Wildman–Crippen LogP) is 2.65. The lowest BCUT2D eigenvalue weighted by Gasteiger charge is -2.50. The SMILES string of the molecule is O=C(Cc1cccs1)N[C@@H]1C(=O)N2C(C(=O)OCc3ccc([N+](=O)[O-])cc3)=C(N3CCCC3)CS[C@@H]12. The van der Waals surface area contributed by atoms with E-state index in [1.807, 2.05) is 17.5 Å². The van der Waals surface area contributed by atoms with Crippen LogP contribution in [0, 0.1) is 10.1 Å². The molecule has 2 aromatic rings. The zero-order valence-electron chi connectivity index (χ0n) is 19.3. The number of likely N-dealkylation sites (tertiary alicyclic amines) is 1. The fraction of sp³-hybridized carbons (Fsp3) is 0.375. The van der Waals surface area contributed by atoms with Crippen molar-refractivity contribution in [3.05, 3.63) is 73.7 Å². The number of fused-ring (bicyclic) bond motifs is 1. The zero-order valence-corrected chi connectivity index (χ0v) is 20.9. The van der Waals surface area contributed by atoms with Gasteiger partial charge in [-0.05, 0) is 42.0 Å². The molecule has 0 unspecified atom stereocenters. The quantitative estimate of drug-likeness (QED) is 0.240. The summed E-state index contributed by atoms with van der Waals surface area (Å²) in [5.74, 6) is -0.635. The smallest absolute Gasteiger partial charge is 0.357 e. The van der Waals surface area contributed by atoms with Gasteiger partial charge in [0.1, 0.15) is 18.0 Å². The molecule has 36 heavy (non-hydrogen) atoms. The third-order valence-electron chi connectivity index (χ3n) is 6.38. The van der Waals surface area contributed by atoms with Crippen molar-refractivity contribution in [2.75, 3.05) is 18.8 Å². The van der Waals surface area contributed by atoms with Gasteiger partial charge in [0.15, 0.2) is 5.70 Å². The number of carbonyl (C=O) groups excluding carboxylic acids is 3. The van der Waals surface area contributed by atoms with Crippen molar-refractivity contribution >= 4 is 46.6 Å². The van der Waals surface area contributed by atoms with E-state index in [9.17, 15) is 24.5 Å². The number of non-ortho nitro benzene ring substituents is 1. The summed E-state index contributed by atoms with van der Waals surface area (Å²) in [4.78, 5) is 53.8. The molecule has 4 heterocycles. The average Bonchev–Trinajstić information content (AvgIpc) is 3.60. The van der Waals surface area contributed by atoms with Crippen LogP contribution in [0.4, 0.5) is 5.69 Å². The number of nitro benzene ring substituents is 1. The van der Waals surface area contributed by atoms with Gasteiger partial charge >= 0.3 is 5.97 Å². The van der Waals surface area contributed by atoms with Gasteiger partial charge in [-0.2, -0.15) is 0 Å². The lowest BCUT2D eigenvalue weighted by atomic mass is 10.0. The first-order valence-electron chi connectivity index (χ1n) is 11.6. The van der Waals surface area contributed by atoms with Gasteiger partial charge in [-0.15, -0.1) is 23.1 Å². The number of hydrogen-bond acceptors (Lipinski definition) is 9. The monoisotopic (exact) mass is 528 g/mol. The molecular weight excluding hydrogens is 504 g/mol. The first-order valence-corrected chi connectivity index (χ1v) is 13.5. The second-order valence-electron chi connectivity index (χ2n) is 8.70. The van der Waals surface area contributed by atoms with Crippen LogP contribution in [0.25, 0.3) is 0 Å². The van der Waals surface area contributed by atoms with Crippen LogP contribution in [0.5, 0.6) is 0 Å². The number of thioether (sulfide) groups is 1. The van der Waals surface area contributed by atoms with E-state index in [0.717, 1.165) is 36.5 Å². The standard InChI is InChI=1S/C24H24N4O6S2/c29-19(12-17-4-3-11-35-17)25-20-22(30)27-21(18(14-36-23(20)27)26-9-1-2-10-26)24(31)34-13-15-5-7-16(8-6-15)28(32)33/h3-8,11,20,23H,1-2,9-10,12-14H2,(H,25,29)/t20-,23+/m1/s1. The van der Waals surface area contributed by atoms with Gasteiger partial charge < -0.3 is 15.0 Å². The van der Waals surface area contributed by atoms with Crippen molar-refractivity contribution in [2.24, 2.45) is 0 Å². The van der Waals surface area contributed by atoms with Crippen molar-refractivity contribution in [2.45, 2.75) is 37.3 Å². The van der Waals surface area contributed by atoms with Gasteiger partial charge in [-0.1, -0.05) is 6.07 Å². The Morgan fingerprint density at radius 1 is 1.17 bits per heavy atom. The highest BCUT2D eigenvalue weighted by atomic mass is 32.2. The predicted molar refractivity (Wildman–Crippen MR) is 134 cm³/mol. The zero-order chi connectivity index (χ0) is 25.2. The summed E-state index contributed by atoms with van der Waals surface area (Å²) in [6.07, 6.45) is 2.23. The third-order valence-corrected chi connectivity index (χ3v) is 8.52. The van der Waals surface area contributed by atoms with Crippen LogP contribution < -0.4 is 5.32 Å². The molecule has 0 aliphatic carbocycles. The molecule has 0 radical (unpaired) electrons. The molecule has 2 atom stereocenters. The van der Waals surface area contributed by atoms with E-state index in [1.54, 1.807) is 0 Å². The highest BCUT2D eigenvalue weighted by Crippen LogP contribution is 2.42. The Bertz CT molecular complexity index is 1210. The van der Waals surface area contributed by atoms with Gasteiger partial charge in [-0.25, -0.2) is 4.79 Å². The third kappa shape index (κ3) is 4.82. The molecule has 1 aromatic heterocycles. The van der Waals surface area contributed by atoms with Crippen LogP contribution in [0.2, 0.25) is 0 Å². The summed E-state index contributed by atoms with van der Waals surface area (Å²) in [5.41, 5.74) is 1.57. The van der Waals surface area contributed by atoms with Gasteiger partial charge in [0.25, 0.3) is 11.6 Å². The number of benzene rings is 1. The van der Waals surface area contributed by atoms with Crippen molar-refractivity contribution in [1.82, 2.24) is 15.1 Å². The number of carbonyl (C=O) groups is 3. The number of nitrogens with one attached hydrogen (secondary N) is 1. The van der Waals surface area contributed by atoms with E-state index in [4.69, 9.17) is 4.74 Å². The van der Waals surface area contributed by atoms with Crippen LogP contribution >= 0.6 is 23.1 Å². The van der Waals surface area contributed by atoms with Crippen molar-refractivity contribution < 1.29 is 24.0 Å². The summed E-state index contributed by atoms with van der Waals surface area (Å²) in [6, 6.07) is 8.84. The number of amides is 2. The molecule has 2 fully saturated rings. The van der Waals surface area contributed by atoms with Crippen molar-refractivity contribution in [3.63, 3.8) is 0 Å². The Hall–Kier alpha value is -3.38. The van der Waals surface area contributed by atoms with Crippen molar-refractivity contribution in [1.29, 1.82) is 0 Å². The Morgan fingerprint density at radius 3 is 2.58 bits per heavy atom. The van der Waals surface area contributed by atoms with Crippen LogP contribution in [0.1, 0.15) is 23.3 Å². The Balaban J connectivity index is 1.30. The lowest BCUT2D eigenvalue weighted by molar-refractivity contribution is -0.384. The van der Waals surface area contributed by atoms with Crippen LogP contribution in [-0.2, 0) is 32.1 Å². The van der Waals surface area contributed by atoms with E-state index >= 15 is 0 Å². The first kappa shape index (κ1) is 24.3. The van der Waals surface area contributed by atoms with Crippen LogP contribution in [0.3, 0.4) is 0 Å². The maximum absolute atomic E-state index is 13.3. The molecule has 1 N–H and O–H groups in total. The normalized spacial score (nSPS) is 21.2. The maximum atomic E-state index is 13.3. The highest BCUT2D eigenvalue weighted by Gasteiger charge is 2.55. The maximum Gasteiger partial charge on any atom is 0.357 e. The van der Waals surface area contributed by atoms with E-state index in [0.29, 0.717) is 11.3 Å². The molecule has 0 bridgehead atoms. The summed E-state index contributed by atoms with van der Waals surface area (Å²) < 4.78 is 5.56. The number of thiophene rings is 1. The minimum absolute atomic E-state index is 0.0467. The topological polar surface area (TPSA) is 122 Å². The molecule has 3 aliphatic rings. The molecule has 12 heteroatoms. The molecule has 2 saturated heterocycles. The van der Waals surface area contributed by atoms with Gasteiger partial charge in [0.05, 0.1) is 17.0 Å². The minimum atomic E-state index is -0.694. The summed E-state index contributed by atoms with van der Waals surface area (Å²) >= 11 is 3.01. The molecule has 2 amide bonds. The molecule has 10 nitrogen and oxygen atoms in total. The van der Waals surface area contributed by atoms with Crippen LogP contribution in [-0.4, -0.2) is 62.8 Å². The van der Waals surface area contributed by atoms with Gasteiger partial charge in [-0.3, -0.25) is 24.6 Å². The van der Waals surface area contributed by atoms with E-state index in [1.165, 1.54) is 52.3 Å². The average molecular weight is 529 g/mol.